The molecule has 4 rings (SSSR count). The summed E-state index contributed by atoms with van der Waals surface area (Å²) in [7, 11) is 1.68. The summed E-state index contributed by atoms with van der Waals surface area (Å²) in [6, 6.07) is 8.14. The summed E-state index contributed by atoms with van der Waals surface area (Å²) in [5.41, 5.74) is 2.30. The van der Waals surface area contributed by atoms with E-state index in [0.717, 1.165) is 49.2 Å². The minimum atomic E-state index is -0.105. The van der Waals surface area contributed by atoms with Crippen molar-refractivity contribution in [1.29, 1.82) is 0 Å². The van der Waals surface area contributed by atoms with Crippen molar-refractivity contribution >= 4 is 5.97 Å². The number of methoxy groups -OCH3 is 1. The molecule has 5 nitrogen and oxygen atoms in total. The predicted molar refractivity (Wildman–Crippen MR) is 116 cm³/mol. The number of carbonyl (C=O) groups excluding carboxylic acids is 1. The van der Waals surface area contributed by atoms with Gasteiger partial charge in [-0.3, -0.25) is 0 Å². The zero-order chi connectivity index (χ0) is 21.3. The molecular formula is C25H35N2O3+. The predicted octanol–water partition coefficient (Wildman–Crippen LogP) is 4.40. The molecular weight excluding hydrogens is 376 g/mol. The van der Waals surface area contributed by atoms with Gasteiger partial charge in [0.05, 0.1) is 20.1 Å². The van der Waals surface area contributed by atoms with Crippen LogP contribution in [0, 0.1) is 17.8 Å². The summed E-state index contributed by atoms with van der Waals surface area (Å²) in [4.78, 5) is 12.9. The fourth-order valence-electron chi connectivity index (χ4n) is 5.23. The highest BCUT2D eigenvalue weighted by molar-refractivity contribution is 5.68. The van der Waals surface area contributed by atoms with Gasteiger partial charge in [0.15, 0.2) is 12.2 Å². The molecule has 2 heterocycles. The van der Waals surface area contributed by atoms with Crippen LogP contribution in [0.3, 0.4) is 0 Å². The molecule has 3 atom stereocenters. The van der Waals surface area contributed by atoms with E-state index in [4.69, 9.17) is 9.47 Å². The Bertz CT molecular complexity index is 885. The molecule has 1 aliphatic heterocycles. The van der Waals surface area contributed by atoms with Crippen LogP contribution in [0.15, 0.2) is 30.5 Å². The fourth-order valence-corrected chi connectivity index (χ4v) is 5.23. The van der Waals surface area contributed by atoms with Crippen molar-refractivity contribution in [3.63, 3.8) is 0 Å². The van der Waals surface area contributed by atoms with Crippen molar-refractivity contribution in [3.05, 3.63) is 36.3 Å². The second-order valence-electron chi connectivity index (χ2n) is 9.40. The SMILES string of the molecule is COc1ccc(-c2c[n+](CC(=O)O[C@H]3C[C@H](C)CC[C@@H]3C(C)C)c3n2CCC3)cc1. The Morgan fingerprint density at radius 1 is 1.23 bits per heavy atom. The smallest absolute Gasteiger partial charge is 0.348 e. The van der Waals surface area contributed by atoms with Crippen molar-refractivity contribution in [1.82, 2.24) is 4.57 Å². The van der Waals surface area contributed by atoms with Gasteiger partial charge in [-0.25, -0.2) is 13.9 Å². The van der Waals surface area contributed by atoms with Gasteiger partial charge in [-0.15, -0.1) is 0 Å². The van der Waals surface area contributed by atoms with Crippen molar-refractivity contribution < 1.29 is 18.8 Å². The van der Waals surface area contributed by atoms with E-state index in [0.29, 0.717) is 24.3 Å². The van der Waals surface area contributed by atoms with Crippen LogP contribution < -0.4 is 9.30 Å². The molecule has 0 N–H and O–H groups in total. The zero-order valence-corrected chi connectivity index (χ0v) is 18.8. The summed E-state index contributed by atoms with van der Waals surface area (Å²) < 4.78 is 15.8. The van der Waals surface area contributed by atoms with E-state index in [2.05, 4.69) is 48.2 Å². The first-order chi connectivity index (χ1) is 14.5. The van der Waals surface area contributed by atoms with Gasteiger partial charge in [-0.1, -0.05) is 27.2 Å². The molecule has 2 aliphatic rings. The summed E-state index contributed by atoms with van der Waals surface area (Å²) in [5, 5.41) is 0. The number of carbonyl (C=O) groups is 1. The molecule has 1 aromatic carbocycles. The quantitative estimate of drug-likeness (QED) is 0.523. The number of fused-ring (bicyclic) bond motifs is 1. The van der Waals surface area contributed by atoms with Crippen molar-refractivity contribution in [2.75, 3.05) is 7.11 Å². The summed E-state index contributed by atoms with van der Waals surface area (Å²) >= 11 is 0. The molecule has 30 heavy (non-hydrogen) atoms. The Morgan fingerprint density at radius 2 is 2.00 bits per heavy atom. The van der Waals surface area contributed by atoms with E-state index in [-0.39, 0.29) is 12.1 Å². The van der Waals surface area contributed by atoms with Crippen LogP contribution in [0.5, 0.6) is 5.75 Å². The number of hydrogen-bond acceptors (Lipinski definition) is 3. The third-order valence-electron chi connectivity index (χ3n) is 6.92. The first kappa shape index (κ1) is 21.0. The Kier molecular flexibility index (Phi) is 6.16. The number of aromatic nitrogens is 2. The van der Waals surface area contributed by atoms with Crippen LogP contribution in [-0.2, 0) is 29.0 Å². The number of hydrogen-bond donors (Lipinski definition) is 0. The van der Waals surface area contributed by atoms with Gasteiger partial charge in [0.2, 0.25) is 0 Å². The highest BCUT2D eigenvalue weighted by atomic mass is 16.5. The van der Waals surface area contributed by atoms with E-state index in [1.54, 1.807) is 7.11 Å². The largest absolute Gasteiger partial charge is 0.497 e. The number of ether oxygens (including phenoxy) is 2. The second-order valence-corrected chi connectivity index (χ2v) is 9.40. The van der Waals surface area contributed by atoms with E-state index < -0.39 is 0 Å². The van der Waals surface area contributed by atoms with Gasteiger partial charge >= 0.3 is 5.97 Å². The average Bonchev–Trinajstić information content (AvgIpc) is 3.32. The molecule has 0 unspecified atom stereocenters. The number of benzene rings is 1. The molecule has 0 bridgehead atoms. The maximum Gasteiger partial charge on any atom is 0.348 e. The molecule has 1 saturated carbocycles. The van der Waals surface area contributed by atoms with Gasteiger partial charge in [-0.2, -0.15) is 0 Å². The van der Waals surface area contributed by atoms with Crippen LogP contribution in [0.1, 0.15) is 52.3 Å². The molecule has 162 valence electrons. The fraction of sp³-hybridized carbons (Fsp3) is 0.600. The summed E-state index contributed by atoms with van der Waals surface area (Å²) in [6.45, 7) is 8.06. The maximum atomic E-state index is 12.9. The Hall–Kier alpha value is -2.30. The van der Waals surface area contributed by atoms with Gasteiger partial charge < -0.3 is 9.47 Å². The highest BCUT2D eigenvalue weighted by Gasteiger charge is 2.35. The second kappa shape index (κ2) is 8.83. The van der Waals surface area contributed by atoms with E-state index in [1.165, 1.54) is 12.2 Å². The lowest BCUT2D eigenvalue weighted by molar-refractivity contribution is -0.692. The van der Waals surface area contributed by atoms with Crippen LogP contribution in [0.4, 0.5) is 0 Å². The molecule has 2 aromatic rings. The number of imidazole rings is 1. The van der Waals surface area contributed by atoms with Gasteiger partial charge in [0.1, 0.15) is 18.1 Å². The zero-order valence-electron chi connectivity index (χ0n) is 18.8. The van der Waals surface area contributed by atoms with Crippen LogP contribution in [0.25, 0.3) is 11.3 Å². The van der Waals surface area contributed by atoms with E-state index >= 15 is 0 Å². The third kappa shape index (κ3) is 4.26. The summed E-state index contributed by atoms with van der Waals surface area (Å²) in [6.07, 6.45) is 7.67. The number of nitrogens with zero attached hydrogens (tertiary/aromatic N) is 2. The van der Waals surface area contributed by atoms with Gasteiger partial charge in [0, 0.05) is 5.56 Å². The maximum absolute atomic E-state index is 12.9. The van der Waals surface area contributed by atoms with Crippen molar-refractivity contribution in [2.24, 2.45) is 17.8 Å². The average molecular weight is 412 g/mol. The molecule has 0 amide bonds. The van der Waals surface area contributed by atoms with E-state index in [9.17, 15) is 4.79 Å². The molecule has 0 radical (unpaired) electrons. The van der Waals surface area contributed by atoms with Crippen LogP contribution in [-0.4, -0.2) is 23.8 Å². The highest BCUT2D eigenvalue weighted by Crippen LogP contribution is 2.35. The minimum absolute atomic E-state index is 0.0542. The van der Waals surface area contributed by atoms with E-state index in [1.807, 2.05) is 12.1 Å². The van der Waals surface area contributed by atoms with Crippen LogP contribution >= 0.6 is 0 Å². The lowest BCUT2D eigenvalue weighted by Crippen LogP contribution is -2.43. The van der Waals surface area contributed by atoms with Crippen LogP contribution in [0.2, 0.25) is 0 Å². The summed E-state index contributed by atoms with van der Waals surface area (Å²) in [5.74, 6) is 3.62. The number of esters is 1. The molecule has 0 spiro atoms. The Balaban J connectivity index is 1.51. The van der Waals surface area contributed by atoms with Crippen molar-refractivity contribution in [2.45, 2.75) is 72.1 Å². The standard InChI is InChI=1S/C25H35N2O3/c1-17(2)21-12-7-18(3)14-23(21)30-25(28)16-26-15-22(27-13-5-6-24(26)27)19-8-10-20(29-4)11-9-19/h8-11,15,17-18,21,23H,5-7,12-14,16H2,1-4H3/q+1/t18-,21-,23+/m1/s1. The molecule has 0 saturated heterocycles. The normalized spacial score (nSPS) is 23.4. The molecule has 1 aliphatic carbocycles. The lowest BCUT2D eigenvalue weighted by Gasteiger charge is -2.36. The first-order valence-corrected chi connectivity index (χ1v) is 11.4. The van der Waals surface area contributed by atoms with Gasteiger partial charge in [-0.05, 0) is 61.3 Å². The first-order valence-electron chi connectivity index (χ1n) is 11.4. The van der Waals surface area contributed by atoms with Crippen molar-refractivity contribution in [3.8, 4) is 17.0 Å². The molecule has 1 aromatic heterocycles. The third-order valence-corrected chi connectivity index (χ3v) is 6.92. The Morgan fingerprint density at radius 3 is 2.70 bits per heavy atom. The lowest BCUT2D eigenvalue weighted by atomic mass is 9.75. The van der Waals surface area contributed by atoms with Gasteiger partial charge in [0.25, 0.3) is 5.82 Å². The molecule has 1 fully saturated rings. The topological polar surface area (TPSA) is 44.3 Å². The molecule has 5 heteroatoms. The number of rotatable bonds is 6. The minimum Gasteiger partial charge on any atom is -0.497 e. The Labute approximate surface area is 180 Å². The monoisotopic (exact) mass is 411 g/mol.